The third-order valence-electron chi connectivity index (χ3n) is 17.1. The minimum absolute atomic E-state index is 0.242. The van der Waals surface area contributed by atoms with Crippen molar-refractivity contribution in [3.05, 3.63) is 24.3 Å². The lowest BCUT2D eigenvalue weighted by Gasteiger charge is -2.46. The molecule has 2 saturated heterocycles. The van der Waals surface area contributed by atoms with Crippen LogP contribution < -0.4 is 5.32 Å². The molecule has 2 heterocycles. The fourth-order valence-electron chi connectivity index (χ4n) is 11.6. The predicted octanol–water partition coefficient (Wildman–Crippen LogP) is 13.6. The zero-order valence-electron chi connectivity index (χ0n) is 52.5. The van der Waals surface area contributed by atoms with Crippen LogP contribution in [0.3, 0.4) is 0 Å². The molecule has 14 heteroatoms. The number of hydrogen-bond donors (Lipinski definition) is 9. The summed E-state index contributed by atoms with van der Waals surface area (Å²) in [5, 5.41) is 87.3. The maximum Gasteiger partial charge on any atom is 0.220 e. The van der Waals surface area contributed by atoms with E-state index in [-0.39, 0.29) is 18.9 Å². The fourth-order valence-corrected chi connectivity index (χ4v) is 11.6. The summed E-state index contributed by atoms with van der Waals surface area (Å²) in [7, 11) is 0. The van der Waals surface area contributed by atoms with E-state index in [1.54, 1.807) is 6.08 Å². The molecule has 0 radical (unpaired) electrons. The quantitative estimate of drug-likeness (QED) is 0.0204. The summed E-state index contributed by atoms with van der Waals surface area (Å²) >= 11 is 0. The number of carbonyl (C=O) groups is 1. The summed E-state index contributed by atoms with van der Waals surface area (Å²) < 4.78 is 22.8. The van der Waals surface area contributed by atoms with Gasteiger partial charge in [0.1, 0.15) is 48.8 Å². The van der Waals surface area contributed by atoms with Crippen molar-refractivity contribution in [1.29, 1.82) is 0 Å². The molecule has 12 unspecified atom stereocenters. The van der Waals surface area contributed by atoms with Gasteiger partial charge >= 0.3 is 0 Å². The van der Waals surface area contributed by atoms with E-state index < -0.39 is 86.8 Å². The maximum atomic E-state index is 13.3. The Hall–Kier alpha value is -1.53. The first-order chi connectivity index (χ1) is 40.1. The van der Waals surface area contributed by atoms with Gasteiger partial charge in [0.05, 0.1) is 32.0 Å². The normalized spacial score (nSPS) is 24.0. The van der Waals surface area contributed by atoms with Gasteiger partial charge in [-0.1, -0.05) is 295 Å². The standard InChI is InChI=1S/C68H129NO13/c1-3-5-7-9-11-13-15-17-19-21-23-24-25-26-27-28-29-30-31-32-33-34-36-38-40-42-44-46-48-50-52-60(73)69-56(57(72)51-49-47-45-43-41-39-37-35-22-20-18-16-14-12-10-8-6-4-2)55-79-67-65(78)63(76)66(59(54-71)81-67)82-68-64(77)62(75)61(74)58(53-70)80-68/h41,43,49,51,56-59,61-68,70-72,74-78H,3-40,42,44-48,50,52-55H2,1-2H3,(H,69,73)/b43-41+,51-49+. The van der Waals surface area contributed by atoms with Crippen molar-refractivity contribution in [3.63, 3.8) is 0 Å². The monoisotopic (exact) mass is 1170 g/mol. The smallest absolute Gasteiger partial charge is 0.220 e. The molecular weight excluding hydrogens is 1040 g/mol. The Morgan fingerprint density at radius 3 is 1.20 bits per heavy atom. The van der Waals surface area contributed by atoms with Crippen LogP contribution in [0, 0.1) is 0 Å². The molecule has 0 spiro atoms. The van der Waals surface area contributed by atoms with E-state index in [2.05, 4.69) is 31.3 Å². The summed E-state index contributed by atoms with van der Waals surface area (Å²) in [6.07, 6.45) is 49.6. The number of rotatable bonds is 57. The van der Waals surface area contributed by atoms with Gasteiger partial charge in [0.25, 0.3) is 0 Å². The molecule has 0 aliphatic carbocycles. The first-order valence-corrected chi connectivity index (χ1v) is 34.6. The molecular formula is C68H129NO13. The Morgan fingerprint density at radius 1 is 0.427 bits per heavy atom. The Kier molecular flexibility index (Phi) is 50.1. The van der Waals surface area contributed by atoms with Crippen molar-refractivity contribution < 1.29 is 64.6 Å². The second kappa shape index (κ2) is 53.7. The third-order valence-corrected chi connectivity index (χ3v) is 17.1. The van der Waals surface area contributed by atoms with Gasteiger partial charge in [0, 0.05) is 6.42 Å². The molecule has 9 N–H and O–H groups in total. The summed E-state index contributed by atoms with van der Waals surface area (Å²) in [6, 6.07) is -0.928. The lowest BCUT2D eigenvalue weighted by atomic mass is 9.97. The van der Waals surface area contributed by atoms with Crippen LogP contribution in [0.5, 0.6) is 0 Å². The number of amides is 1. The van der Waals surface area contributed by atoms with Gasteiger partial charge in [-0.05, 0) is 32.1 Å². The molecule has 14 nitrogen and oxygen atoms in total. The second-order valence-electron chi connectivity index (χ2n) is 24.7. The summed E-state index contributed by atoms with van der Waals surface area (Å²) in [5.41, 5.74) is 0. The molecule has 82 heavy (non-hydrogen) atoms. The van der Waals surface area contributed by atoms with E-state index in [0.717, 1.165) is 32.1 Å². The molecule has 0 aromatic heterocycles. The van der Waals surface area contributed by atoms with Crippen LogP contribution in [0.25, 0.3) is 0 Å². The number of nitrogens with one attached hydrogen (secondary N) is 1. The van der Waals surface area contributed by atoms with Crippen LogP contribution in [-0.2, 0) is 23.7 Å². The molecule has 0 aromatic carbocycles. The molecule has 1 amide bonds. The van der Waals surface area contributed by atoms with E-state index in [1.165, 1.54) is 244 Å². The first-order valence-electron chi connectivity index (χ1n) is 34.6. The first kappa shape index (κ1) is 76.6. The van der Waals surface area contributed by atoms with Crippen molar-refractivity contribution >= 4 is 5.91 Å². The molecule has 484 valence electrons. The number of aliphatic hydroxyl groups excluding tert-OH is 8. The van der Waals surface area contributed by atoms with Gasteiger partial charge < -0.3 is 65.1 Å². The molecule has 2 aliphatic heterocycles. The molecule has 12 atom stereocenters. The summed E-state index contributed by atoms with van der Waals surface area (Å²) in [4.78, 5) is 13.3. The number of aliphatic hydroxyl groups is 8. The van der Waals surface area contributed by atoms with Crippen LogP contribution in [0.15, 0.2) is 24.3 Å². The largest absolute Gasteiger partial charge is 0.394 e. The van der Waals surface area contributed by atoms with Crippen molar-refractivity contribution in [2.75, 3.05) is 19.8 Å². The van der Waals surface area contributed by atoms with Gasteiger partial charge in [-0.15, -0.1) is 0 Å². The second-order valence-corrected chi connectivity index (χ2v) is 24.7. The summed E-state index contributed by atoms with van der Waals surface area (Å²) in [5.74, 6) is -0.242. The molecule has 0 aromatic rings. The maximum absolute atomic E-state index is 13.3. The lowest BCUT2D eigenvalue weighted by Crippen LogP contribution is -2.65. The van der Waals surface area contributed by atoms with Crippen LogP contribution in [0.4, 0.5) is 0 Å². The van der Waals surface area contributed by atoms with Gasteiger partial charge in [-0.3, -0.25) is 4.79 Å². The number of carbonyl (C=O) groups excluding carboxylic acids is 1. The Balaban J connectivity index is 1.66. The van der Waals surface area contributed by atoms with E-state index >= 15 is 0 Å². The lowest BCUT2D eigenvalue weighted by molar-refractivity contribution is -0.359. The zero-order valence-corrected chi connectivity index (χ0v) is 52.5. The van der Waals surface area contributed by atoms with Crippen molar-refractivity contribution in [1.82, 2.24) is 5.32 Å². The van der Waals surface area contributed by atoms with Crippen LogP contribution in [0.1, 0.15) is 309 Å². The van der Waals surface area contributed by atoms with Crippen molar-refractivity contribution in [2.45, 2.75) is 383 Å². The number of allylic oxidation sites excluding steroid dienone is 3. The highest BCUT2D eigenvalue weighted by molar-refractivity contribution is 5.76. The minimum Gasteiger partial charge on any atom is -0.394 e. The highest BCUT2D eigenvalue weighted by atomic mass is 16.7. The molecule has 2 fully saturated rings. The molecule has 0 bridgehead atoms. The molecule has 0 saturated carbocycles. The van der Waals surface area contributed by atoms with Gasteiger partial charge in [0.2, 0.25) is 5.91 Å². The van der Waals surface area contributed by atoms with Gasteiger partial charge in [0.15, 0.2) is 12.6 Å². The van der Waals surface area contributed by atoms with Crippen LogP contribution in [0.2, 0.25) is 0 Å². The number of ether oxygens (including phenoxy) is 4. The van der Waals surface area contributed by atoms with E-state index in [9.17, 15) is 45.6 Å². The van der Waals surface area contributed by atoms with E-state index in [4.69, 9.17) is 18.9 Å². The van der Waals surface area contributed by atoms with Crippen LogP contribution >= 0.6 is 0 Å². The predicted molar refractivity (Wildman–Crippen MR) is 332 cm³/mol. The third kappa shape index (κ3) is 37.9. The van der Waals surface area contributed by atoms with Gasteiger partial charge in [-0.2, -0.15) is 0 Å². The Morgan fingerprint density at radius 2 is 0.780 bits per heavy atom. The van der Waals surface area contributed by atoms with Crippen molar-refractivity contribution in [2.24, 2.45) is 0 Å². The highest BCUT2D eigenvalue weighted by Gasteiger charge is 2.51. The van der Waals surface area contributed by atoms with Crippen LogP contribution in [-0.4, -0.2) is 140 Å². The Labute approximate surface area is 500 Å². The number of unbranched alkanes of at least 4 members (excludes halogenated alkanes) is 42. The SMILES string of the molecule is CCCCCCCCCCCCCC/C=C/CC/C=C/C(O)C(COC1OC(CO)C(OC2OC(CO)C(O)C(O)C2O)C(O)C1O)NC(=O)CCCCCCCCCCCCCCCCCCCCCCCCCCCCCCCC. The molecule has 2 rings (SSSR count). The average molecular weight is 1170 g/mol. The minimum atomic E-state index is -1.79. The summed E-state index contributed by atoms with van der Waals surface area (Å²) in [6.45, 7) is 2.83. The van der Waals surface area contributed by atoms with E-state index in [0.29, 0.717) is 12.8 Å². The average Bonchev–Trinajstić information content (AvgIpc) is 3.67. The topological polar surface area (TPSA) is 228 Å². The Bertz CT molecular complexity index is 1470. The number of hydrogen-bond acceptors (Lipinski definition) is 13. The molecule has 2 aliphatic rings. The van der Waals surface area contributed by atoms with Crippen molar-refractivity contribution in [3.8, 4) is 0 Å². The van der Waals surface area contributed by atoms with E-state index in [1.807, 2.05) is 6.08 Å². The van der Waals surface area contributed by atoms with Gasteiger partial charge in [-0.25, -0.2) is 0 Å². The highest BCUT2D eigenvalue weighted by Crippen LogP contribution is 2.30. The fraction of sp³-hybridized carbons (Fsp3) is 0.926. The zero-order chi connectivity index (χ0) is 59.5.